The number of fused-ring (bicyclic) bond motifs is 1. The number of benzene rings is 3. The molecule has 37 heavy (non-hydrogen) atoms. The molecule has 0 aliphatic rings. The molecule has 0 unspecified atom stereocenters. The minimum Gasteiger partial charge on any atom is -0.497 e. The van der Waals surface area contributed by atoms with Gasteiger partial charge in [-0.25, -0.2) is 13.4 Å². The summed E-state index contributed by atoms with van der Waals surface area (Å²) in [5.74, 6) is -0.146. The van der Waals surface area contributed by atoms with Crippen molar-refractivity contribution in [3.63, 3.8) is 0 Å². The number of hydrogen-bond donors (Lipinski definition) is 1. The van der Waals surface area contributed by atoms with Crippen LogP contribution in [0.1, 0.15) is 10.4 Å². The Balaban J connectivity index is 1.55. The Bertz CT molecular complexity index is 1750. The van der Waals surface area contributed by atoms with Gasteiger partial charge in [0, 0.05) is 41.0 Å². The molecule has 2 aromatic heterocycles. The number of aromatic nitrogens is 3. The summed E-state index contributed by atoms with van der Waals surface area (Å²) in [6.45, 7) is 0. The molecule has 0 atom stereocenters. The van der Waals surface area contributed by atoms with Crippen LogP contribution in [0.2, 0.25) is 5.02 Å². The van der Waals surface area contributed by atoms with Crippen LogP contribution < -0.4 is 10.1 Å². The Labute approximate surface area is 218 Å². The van der Waals surface area contributed by atoms with E-state index in [0.717, 1.165) is 5.56 Å². The highest BCUT2D eigenvalue weighted by atomic mass is 35.5. The van der Waals surface area contributed by atoms with E-state index in [1.807, 2.05) is 30.5 Å². The Morgan fingerprint density at radius 3 is 2.46 bits per heavy atom. The van der Waals surface area contributed by atoms with Crippen LogP contribution in [0.3, 0.4) is 0 Å². The van der Waals surface area contributed by atoms with Crippen molar-refractivity contribution >= 4 is 43.9 Å². The molecule has 0 spiro atoms. The fourth-order valence-electron chi connectivity index (χ4n) is 3.93. The number of nitrogens with zero attached hydrogens (tertiary/aromatic N) is 3. The van der Waals surface area contributed by atoms with Crippen molar-refractivity contribution in [1.29, 1.82) is 0 Å². The second kappa shape index (κ2) is 9.68. The number of methoxy groups -OCH3 is 1. The summed E-state index contributed by atoms with van der Waals surface area (Å²) >= 11 is 5.92. The van der Waals surface area contributed by atoms with Crippen molar-refractivity contribution in [3.8, 4) is 17.0 Å². The van der Waals surface area contributed by atoms with Crippen LogP contribution >= 0.6 is 11.6 Å². The van der Waals surface area contributed by atoms with Gasteiger partial charge in [0.1, 0.15) is 5.75 Å². The lowest BCUT2D eigenvalue weighted by atomic mass is 10.0. The minimum absolute atomic E-state index is 0.0277. The first-order chi connectivity index (χ1) is 17.7. The summed E-state index contributed by atoms with van der Waals surface area (Å²) in [7, 11) is -0.667. The van der Waals surface area contributed by atoms with Crippen LogP contribution in [0.15, 0.2) is 95.0 Å². The van der Waals surface area contributed by atoms with Gasteiger partial charge in [-0.3, -0.25) is 9.48 Å². The summed E-state index contributed by atoms with van der Waals surface area (Å²) in [4.78, 5) is 18.2. The van der Waals surface area contributed by atoms with Gasteiger partial charge in [0.2, 0.25) is 9.84 Å². The van der Waals surface area contributed by atoms with Gasteiger partial charge in [-0.2, -0.15) is 5.10 Å². The zero-order chi connectivity index (χ0) is 26.2. The van der Waals surface area contributed by atoms with Gasteiger partial charge in [-0.15, -0.1) is 0 Å². The number of anilines is 1. The average Bonchev–Trinajstić information content (AvgIpc) is 3.34. The molecule has 0 aliphatic heterocycles. The van der Waals surface area contributed by atoms with Crippen LogP contribution in [0, 0.1) is 0 Å². The number of rotatable bonds is 6. The number of pyridine rings is 1. The third kappa shape index (κ3) is 4.91. The van der Waals surface area contributed by atoms with Crippen molar-refractivity contribution in [2.45, 2.75) is 9.79 Å². The molecule has 0 saturated carbocycles. The molecule has 5 rings (SSSR count). The SMILES string of the molecule is COc1cc(NC(=O)c2cc(-c3cnn(C)c3)nc3ccccc23)cc(S(=O)(=O)c2ccc(Cl)cc2)c1. The first kappa shape index (κ1) is 24.5. The van der Waals surface area contributed by atoms with E-state index in [1.54, 1.807) is 30.1 Å². The predicted molar refractivity (Wildman–Crippen MR) is 142 cm³/mol. The average molecular weight is 533 g/mol. The Hall–Kier alpha value is -4.21. The molecule has 0 fully saturated rings. The fraction of sp³-hybridized carbons (Fsp3) is 0.0741. The van der Waals surface area contributed by atoms with E-state index in [4.69, 9.17) is 16.3 Å². The molecular formula is C27H21ClN4O4S. The quantitative estimate of drug-likeness (QED) is 0.315. The lowest BCUT2D eigenvalue weighted by molar-refractivity contribution is 0.102. The number of nitrogens with one attached hydrogen (secondary N) is 1. The molecule has 0 bridgehead atoms. The van der Waals surface area contributed by atoms with Gasteiger partial charge >= 0.3 is 0 Å². The number of ether oxygens (including phenoxy) is 1. The van der Waals surface area contributed by atoms with E-state index in [1.165, 1.54) is 43.5 Å². The smallest absolute Gasteiger partial charge is 0.256 e. The third-order valence-electron chi connectivity index (χ3n) is 5.77. The van der Waals surface area contributed by atoms with Crippen molar-refractivity contribution in [3.05, 3.63) is 95.8 Å². The highest BCUT2D eigenvalue weighted by molar-refractivity contribution is 7.91. The van der Waals surface area contributed by atoms with Crippen LogP contribution in [0.4, 0.5) is 5.69 Å². The van der Waals surface area contributed by atoms with E-state index in [0.29, 0.717) is 27.2 Å². The summed E-state index contributed by atoms with van der Waals surface area (Å²) < 4.78 is 33.5. The largest absolute Gasteiger partial charge is 0.497 e. The summed E-state index contributed by atoms with van der Waals surface area (Å²) in [5, 5.41) is 8.10. The summed E-state index contributed by atoms with van der Waals surface area (Å²) in [6.07, 6.45) is 3.49. The molecule has 10 heteroatoms. The molecule has 186 valence electrons. The second-order valence-electron chi connectivity index (χ2n) is 8.28. The van der Waals surface area contributed by atoms with Gasteiger partial charge in [-0.05, 0) is 48.5 Å². The van der Waals surface area contributed by atoms with Crippen molar-refractivity contribution < 1.29 is 17.9 Å². The zero-order valence-electron chi connectivity index (χ0n) is 19.8. The summed E-state index contributed by atoms with van der Waals surface area (Å²) in [5.41, 5.74) is 2.65. The zero-order valence-corrected chi connectivity index (χ0v) is 21.4. The lowest BCUT2D eigenvalue weighted by Gasteiger charge is -2.13. The molecule has 3 aromatic carbocycles. The molecule has 0 radical (unpaired) electrons. The number of halogens is 1. The highest BCUT2D eigenvalue weighted by Gasteiger charge is 2.21. The van der Waals surface area contributed by atoms with Gasteiger partial charge in [-0.1, -0.05) is 29.8 Å². The molecule has 5 aromatic rings. The summed E-state index contributed by atoms with van der Waals surface area (Å²) in [6, 6.07) is 19.2. The van der Waals surface area contributed by atoms with Gasteiger partial charge < -0.3 is 10.1 Å². The van der Waals surface area contributed by atoms with Gasteiger partial charge in [0.15, 0.2) is 0 Å². The number of carbonyl (C=O) groups excluding carboxylic acids is 1. The second-order valence-corrected chi connectivity index (χ2v) is 10.7. The molecule has 0 aliphatic carbocycles. The first-order valence-corrected chi connectivity index (χ1v) is 13.0. The van der Waals surface area contributed by atoms with E-state index in [2.05, 4.69) is 15.4 Å². The van der Waals surface area contributed by atoms with Crippen LogP contribution in [0.25, 0.3) is 22.2 Å². The van der Waals surface area contributed by atoms with Crippen molar-refractivity contribution in [2.24, 2.45) is 7.05 Å². The van der Waals surface area contributed by atoms with E-state index in [9.17, 15) is 13.2 Å². The Morgan fingerprint density at radius 2 is 1.76 bits per heavy atom. The topological polar surface area (TPSA) is 103 Å². The van der Waals surface area contributed by atoms with E-state index in [-0.39, 0.29) is 21.2 Å². The lowest BCUT2D eigenvalue weighted by Crippen LogP contribution is -2.14. The highest BCUT2D eigenvalue weighted by Crippen LogP contribution is 2.30. The normalized spacial score (nSPS) is 11.4. The van der Waals surface area contributed by atoms with Gasteiger partial charge in [0.05, 0.1) is 39.9 Å². The third-order valence-corrected chi connectivity index (χ3v) is 7.77. The number of amides is 1. The van der Waals surface area contributed by atoms with Crippen LogP contribution in [0.5, 0.6) is 5.75 Å². The van der Waals surface area contributed by atoms with E-state index >= 15 is 0 Å². The molecular weight excluding hydrogens is 512 g/mol. The number of para-hydroxylation sites is 1. The Kier molecular flexibility index (Phi) is 6.41. The molecule has 8 nitrogen and oxygen atoms in total. The van der Waals surface area contributed by atoms with Crippen molar-refractivity contribution in [1.82, 2.24) is 14.8 Å². The monoisotopic (exact) mass is 532 g/mol. The number of hydrogen-bond acceptors (Lipinski definition) is 6. The van der Waals surface area contributed by atoms with Crippen LogP contribution in [-0.4, -0.2) is 36.2 Å². The van der Waals surface area contributed by atoms with Crippen LogP contribution in [-0.2, 0) is 16.9 Å². The fourth-order valence-corrected chi connectivity index (χ4v) is 5.38. The van der Waals surface area contributed by atoms with Crippen molar-refractivity contribution in [2.75, 3.05) is 12.4 Å². The first-order valence-electron chi connectivity index (χ1n) is 11.1. The van der Waals surface area contributed by atoms with E-state index < -0.39 is 15.7 Å². The molecule has 1 amide bonds. The number of sulfone groups is 1. The maximum Gasteiger partial charge on any atom is 0.256 e. The standard InChI is InChI=1S/C27H21ClN4O4S/c1-32-16-17(15-29-32)26-14-24(23-5-3-4-6-25(23)31-26)27(33)30-19-11-20(36-2)13-22(12-19)37(34,35)21-9-7-18(28)8-10-21/h3-16H,1-2H3,(H,30,33). The van der Waals surface area contributed by atoms with Gasteiger partial charge in [0.25, 0.3) is 5.91 Å². The molecule has 1 N–H and O–H groups in total. The maximum absolute atomic E-state index is 13.5. The predicted octanol–water partition coefficient (Wildman–Crippen LogP) is 5.38. The maximum atomic E-state index is 13.5. The number of carbonyl (C=O) groups is 1. The molecule has 2 heterocycles. The Morgan fingerprint density at radius 1 is 1.00 bits per heavy atom. The minimum atomic E-state index is -3.90. The molecule has 0 saturated heterocycles. The number of aryl methyl sites for hydroxylation is 1.